The van der Waals surface area contributed by atoms with Gasteiger partial charge in [-0.2, -0.15) is 0 Å². The van der Waals surface area contributed by atoms with E-state index in [1.807, 2.05) is 32.0 Å². The number of carbonyl (C=O) groups excluding carboxylic acids is 1. The topological polar surface area (TPSA) is 54.9 Å². The van der Waals surface area contributed by atoms with Crippen molar-refractivity contribution in [3.63, 3.8) is 0 Å². The molecule has 114 valence electrons. The second-order valence-corrected chi connectivity index (χ2v) is 5.29. The minimum atomic E-state index is -0.0816. The van der Waals surface area contributed by atoms with Gasteiger partial charge in [0.15, 0.2) is 0 Å². The van der Waals surface area contributed by atoms with Gasteiger partial charge in [-0.1, -0.05) is 35.9 Å². The Morgan fingerprint density at radius 3 is 2.73 bits per heavy atom. The molecule has 1 heterocycles. The molecule has 2 aromatic rings. The van der Waals surface area contributed by atoms with Gasteiger partial charge in [0.2, 0.25) is 5.91 Å². The molecule has 0 unspecified atom stereocenters. The first kappa shape index (κ1) is 15.9. The van der Waals surface area contributed by atoms with Gasteiger partial charge < -0.3 is 5.32 Å². The number of hydrogen-bond donors (Lipinski definition) is 1. The van der Waals surface area contributed by atoms with E-state index < -0.39 is 0 Å². The van der Waals surface area contributed by atoms with E-state index in [1.54, 1.807) is 18.3 Å². The predicted molar refractivity (Wildman–Crippen MR) is 87.1 cm³/mol. The van der Waals surface area contributed by atoms with Gasteiger partial charge in [-0.15, -0.1) is 0 Å². The number of nitrogens with one attached hydrogen (secondary N) is 1. The Labute approximate surface area is 131 Å². The lowest BCUT2D eigenvalue weighted by molar-refractivity contribution is -0.116. The monoisotopic (exact) mass is 295 g/mol. The summed E-state index contributed by atoms with van der Waals surface area (Å²) in [6.07, 6.45) is 5.19. The normalized spacial score (nSPS) is 11.3. The van der Waals surface area contributed by atoms with Crippen LogP contribution in [-0.2, 0) is 17.8 Å². The second-order valence-electron chi connectivity index (χ2n) is 5.29. The smallest absolute Gasteiger partial charge is 0.244 e. The van der Waals surface area contributed by atoms with Gasteiger partial charge in [-0.25, -0.2) is 9.97 Å². The lowest BCUT2D eigenvalue weighted by atomic mass is 10.1. The van der Waals surface area contributed by atoms with Crippen molar-refractivity contribution in [1.82, 2.24) is 15.3 Å². The fraction of sp³-hybridized carbons (Fsp3) is 0.278. The molecule has 1 aromatic heterocycles. The van der Waals surface area contributed by atoms with Crippen molar-refractivity contribution in [3.8, 4) is 0 Å². The molecule has 1 aromatic carbocycles. The fourth-order valence-electron chi connectivity index (χ4n) is 2.11. The molecule has 1 N–H and O–H groups in total. The van der Waals surface area contributed by atoms with E-state index in [1.165, 1.54) is 5.56 Å². The van der Waals surface area contributed by atoms with E-state index in [0.717, 1.165) is 24.1 Å². The third-order valence-electron chi connectivity index (χ3n) is 3.31. The molecule has 0 aliphatic carbocycles. The van der Waals surface area contributed by atoms with Crippen LogP contribution in [0.25, 0.3) is 0 Å². The SMILES string of the molecule is C/C(=C\C(=O)NCc1ccnc(C)n1)CCc1ccccc1. The number of allylic oxidation sites excluding steroid dienone is 1. The molecule has 0 bridgehead atoms. The summed E-state index contributed by atoms with van der Waals surface area (Å²) in [6.45, 7) is 4.24. The third-order valence-corrected chi connectivity index (χ3v) is 3.31. The number of aryl methyl sites for hydroxylation is 2. The highest BCUT2D eigenvalue weighted by atomic mass is 16.1. The van der Waals surface area contributed by atoms with Crippen molar-refractivity contribution in [2.45, 2.75) is 33.2 Å². The molecule has 0 aliphatic rings. The Balaban J connectivity index is 1.79. The van der Waals surface area contributed by atoms with Crippen LogP contribution < -0.4 is 5.32 Å². The van der Waals surface area contributed by atoms with Crippen molar-refractivity contribution in [3.05, 3.63) is 71.3 Å². The van der Waals surface area contributed by atoms with Gasteiger partial charge >= 0.3 is 0 Å². The largest absolute Gasteiger partial charge is 0.347 e. The first-order chi connectivity index (χ1) is 10.6. The van der Waals surface area contributed by atoms with Crippen molar-refractivity contribution in [2.75, 3.05) is 0 Å². The van der Waals surface area contributed by atoms with Crippen LogP contribution in [0.2, 0.25) is 0 Å². The third kappa shape index (κ3) is 5.48. The van der Waals surface area contributed by atoms with Crippen LogP contribution in [-0.4, -0.2) is 15.9 Å². The van der Waals surface area contributed by atoms with E-state index in [-0.39, 0.29) is 5.91 Å². The minimum Gasteiger partial charge on any atom is -0.347 e. The van der Waals surface area contributed by atoms with Gasteiger partial charge in [0, 0.05) is 12.3 Å². The molecular formula is C18H21N3O. The maximum Gasteiger partial charge on any atom is 0.244 e. The average Bonchev–Trinajstić information content (AvgIpc) is 2.52. The molecule has 0 spiro atoms. The molecule has 0 atom stereocenters. The molecular weight excluding hydrogens is 274 g/mol. The summed E-state index contributed by atoms with van der Waals surface area (Å²) in [5.41, 5.74) is 3.17. The lowest BCUT2D eigenvalue weighted by Gasteiger charge is -2.04. The summed E-state index contributed by atoms with van der Waals surface area (Å²) >= 11 is 0. The average molecular weight is 295 g/mol. The second kappa shape index (κ2) is 8.08. The molecule has 0 saturated heterocycles. The number of benzene rings is 1. The summed E-state index contributed by atoms with van der Waals surface area (Å²) in [5.74, 6) is 0.628. The standard InChI is InChI=1S/C18H21N3O/c1-14(8-9-16-6-4-3-5-7-16)12-18(22)20-13-17-10-11-19-15(2)21-17/h3-7,10-12H,8-9,13H2,1-2H3,(H,20,22)/b14-12+. The maximum atomic E-state index is 11.9. The molecule has 0 radical (unpaired) electrons. The Morgan fingerprint density at radius 1 is 1.23 bits per heavy atom. The first-order valence-electron chi connectivity index (χ1n) is 7.41. The highest BCUT2D eigenvalue weighted by Crippen LogP contribution is 2.08. The number of amides is 1. The van der Waals surface area contributed by atoms with Crippen LogP contribution >= 0.6 is 0 Å². The van der Waals surface area contributed by atoms with E-state index in [4.69, 9.17) is 0 Å². The number of aromatic nitrogens is 2. The van der Waals surface area contributed by atoms with Gasteiger partial charge in [-0.05, 0) is 38.3 Å². The van der Waals surface area contributed by atoms with Crippen molar-refractivity contribution < 1.29 is 4.79 Å². The fourth-order valence-corrected chi connectivity index (χ4v) is 2.11. The predicted octanol–water partition coefficient (Wildman–Crippen LogP) is 2.98. The van der Waals surface area contributed by atoms with Crippen molar-refractivity contribution in [2.24, 2.45) is 0 Å². The van der Waals surface area contributed by atoms with Crippen LogP contribution in [0.15, 0.2) is 54.2 Å². The quantitative estimate of drug-likeness (QED) is 0.834. The molecule has 0 fully saturated rings. The molecule has 2 rings (SSSR count). The highest BCUT2D eigenvalue weighted by molar-refractivity contribution is 5.88. The number of rotatable bonds is 6. The maximum absolute atomic E-state index is 11.9. The Kier molecular flexibility index (Phi) is 5.83. The number of hydrogen-bond acceptors (Lipinski definition) is 3. The zero-order chi connectivity index (χ0) is 15.8. The van der Waals surface area contributed by atoms with Crippen molar-refractivity contribution in [1.29, 1.82) is 0 Å². The minimum absolute atomic E-state index is 0.0816. The van der Waals surface area contributed by atoms with Crippen LogP contribution in [0.3, 0.4) is 0 Å². The zero-order valence-corrected chi connectivity index (χ0v) is 13.0. The van der Waals surface area contributed by atoms with Gasteiger partial charge in [0.25, 0.3) is 0 Å². The highest BCUT2D eigenvalue weighted by Gasteiger charge is 2.01. The summed E-state index contributed by atoms with van der Waals surface area (Å²) in [5, 5.41) is 2.85. The van der Waals surface area contributed by atoms with E-state index in [2.05, 4.69) is 27.4 Å². The van der Waals surface area contributed by atoms with Crippen LogP contribution in [0.5, 0.6) is 0 Å². The van der Waals surface area contributed by atoms with Gasteiger partial charge in [0.1, 0.15) is 5.82 Å². The Morgan fingerprint density at radius 2 is 2.00 bits per heavy atom. The molecule has 0 aliphatic heterocycles. The first-order valence-corrected chi connectivity index (χ1v) is 7.41. The van der Waals surface area contributed by atoms with Crippen molar-refractivity contribution >= 4 is 5.91 Å². The number of carbonyl (C=O) groups is 1. The lowest BCUT2D eigenvalue weighted by Crippen LogP contribution is -2.21. The summed E-state index contributed by atoms with van der Waals surface area (Å²) in [4.78, 5) is 20.2. The molecule has 22 heavy (non-hydrogen) atoms. The Bertz CT molecular complexity index is 650. The zero-order valence-electron chi connectivity index (χ0n) is 13.0. The van der Waals surface area contributed by atoms with E-state index in [9.17, 15) is 4.79 Å². The molecule has 4 heteroatoms. The van der Waals surface area contributed by atoms with E-state index in [0.29, 0.717) is 12.4 Å². The van der Waals surface area contributed by atoms with E-state index >= 15 is 0 Å². The Hall–Kier alpha value is -2.49. The summed E-state index contributed by atoms with van der Waals surface area (Å²) < 4.78 is 0. The molecule has 1 amide bonds. The number of nitrogens with zero attached hydrogens (tertiary/aromatic N) is 2. The summed E-state index contributed by atoms with van der Waals surface area (Å²) in [7, 11) is 0. The van der Waals surface area contributed by atoms with Crippen LogP contribution in [0, 0.1) is 6.92 Å². The van der Waals surface area contributed by atoms with Gasteiger partial charge in [-0.3, -0.25) is 4.79 Å². The molecule has 4 nitrogen and oxygen atoms in total. The molecule has 0 saturated carbocycles. The van der Waals surface area contributed by atoms with Crippen LogP contribution in [0.1, 0.15) is 30.4 Å². The van der Waals surface area contributed by atoms with Crippen LogP contribution in [0.4, 0.5) is 0 Å². The van der Waals surface area contributed by atoms with Gasteiger partial charge in [0.05, 0.1) is 12.2 Å². The summed E-state index contributed by atoms with van der Waals surface area (Å²) in [6, 6.07) is 12.1.